The van der Waals surface area contributed by atoms with Gasteiger partial charge in [-0.1, -0.05) is 23.8 Å². The molecule has 0 bridgehead atoms. The molecule has 27 heavy (non-hydrogen) atoms. The largest absolute Gasteiger partial charge is 0.495 e. The van der Waals surface area contributed by atoms with E-state index in [2.05, 4.69) is 39.5 Å². The highest BCUT2D eigenvalue weighted by molar-refractivity contribution is 9.10. The predicted molar refractivity (Wildman–Crippen MR) is 112 cm³/mol. The molecular weight excluding hydrogens is 430 g/mol. The number of anilines is 1. The minimum atomic E-state index is 0.0981. The van der Waals surface area contributed by atoms with Crippen molar-refractivity contribution < 1.29 is 14.2 Å². The molecule has 0 radical (unpaired) electrons. The van der Waals surface area contributed by atoms with Crippen LogP contribution >= 0.6 is 27.5 Å². The first kappa shape index (κ1) is 18.5. The first-order valence-corrected chi connectivity index (χ1v) is 9.97. The Hall–Kier alpha value is -1.85. The molecule has 1 heterocycles. The average Bonchev–Trinajstić information content (AvgIpc) is 3.16. The standard InChI is InChI=1S/C21H21BrClNO3/c1-25-16-8-7-15(23)18-12-5-4-6-13(12)19(24-20(16)18)11-9-14(22)21(27-3)17(10-11)26-2/h4-5,7-10,12-13,19,24H,6H2,1-3H3/t12-,13-,19-/m1/s1. The van der Waals surface area contributed by atoms with Crippen molar-refractivity contribution in [1.82, 2.24) is 0 Å². The van der Waals surface area contributed by atoms with Crippen molar-refractivity contribution in [3.63, 3.8) is 0 Å². The van der Waals surface area contributed by atoms with E-state index in [9.17, 15) is 0 Å². The smallest absolute Gasteiger partial charge is 0.174 e. The third-order valence-corrected chi connectivity index (χ3v) is 6.38. The zero-order valence-electron chi connectivity index (χ0n) is 15.4. The monoisotopic (exact) mass is 449 g/mol. The van der Waals surface area contributed by atoms with E-state index in [1.54, 1.807) is 21.3 Å². The minimum Gasteiger partial charge on any atom is -0.495 e. The summed E-state index contributed by atoms with van der Waals surface area (Å²) < 4.78 is 17.5. The van der Waals surface area contributed by atoms with Gasteiger partial charge < -0.3 is 19.5 Å². The fourth-order valence-corrected chi connectivity index (χ4v) is 5.16. The van der Waals surface area contributed by atoms with Gasteiger partial charge in [0.05, 0.1) is 37.5 Å². The molecule has 4 nitrogen and oxygen atoms in total. The van der Waals surface area contributed by atoms with Crippen LogP contribution in [0.25, 0.3) is 0 Å². The van der Waals surface area contributed by atoms with Crippen LogP contribution in [-0.4, -0.2) is 21.3 Å². The number of rotatable bonds is 4. The van der Waals surface area contributed by atoms with Gasteiger partial charge in [0.25, 0.3) is 0 Å². The predicted octanol–water partition coefficient (Wildman–Crippen LogP) is 5.95. The van der Waals surface area contributed by atoms with E-state index in [0.29, 0.717) is 17.4 Å². The number of benzene rings is 2. The zero-order chi connectivity index (χ0) is 19.1. The van der Waals surface area contributed by atoms with Crippen LogP contribution in [0.15, 0.2) is 40.9 Å². The topological polar surface area (TPSA) is 39.7 Å². The molecule has 0 spiro atoms. The van der Waals surface area contributed by atoms with Gasteiger partial charge in [0.1, 0.15) is 5.75 Å². The molecule has 0 saturated heterocycles. The van der Waals surface area contributed by atoms with Crippen molar-refractivity contribution in [3.05, 3.63) is 57.0 Å². The lowest BCUT2D eigenvalue weighted by molar-refractivity contribution is 0.350. The van der Waals surface area contributed by atoms with Crippen LogP contribution in [-0.2, 0) is 0 Å². The second kappa shape index (κ2) is 7.28. The summed E-state index contributed by atoms with van der Waals surface area (Å²) in [5, 5.41) is 4.46. The molecule has 1 N–H and O–H groups in total. The number of hydrogen-bond donors (Lipinski definition) is 1. The van der Waals surface area contributed by atoms with Gasteiger partial charge in [-0.3, -0.25) is 0 Å². The van der Waals surface area contributed by atoms with Gasteiger partial charge >= 0.3 is 0 Å². The summed E-state index contributed by atoms with van der Waals surface area (Å²) in [4.78, 5) is 0. The van der Waals surface area contributed by atoms with Gasteiger partial charge in [-0.15, -0.1) is 0 Å². The molecule has 3 atom stereocenters. The second-order valence-corrected chi connectivity index (χ2v) is 8.01. The van der Waals surface area contributed by atoms with Crippen molar-refractivity contribution in [2.75, 3.05) is 26.6 Å². The maximum absolute atomic E-state index is 6.57. The van der Waals surface area contributed by atoms with Gasteiger partial charge in [-0.05, 0) is 58.1 Å². The van der Waals surface area contributed by atoms with E-state index in [4.69, 9.17) is 25.8 Å². The summed E-state index contributed by atoms with van der Waals surface area (Å²) in [6, 6.07) is 8.06. The van der Waals surface area contributed by atoms with Gasteiger partial charge in [-0.25, -0.2) is 0 Å². The Balaban J connectivity index is 1.85. The maximum atomic E-state index is 6.57. The van der Waals surface area contributed by atoms with Crippen molar-refractivity contribution in [1.29, 1.82) is 0 Å². The fraction of sp³-hybridized carbons (Fsp3) is 0.333. The number of nitrogens with one attached hydrogen (secondary N) is 1. The molecule has 2 aromatic carbocycles. The second-order valence-electron chi connectivity index (χ2n) is 6.75. The number of allylic oxidation sites excluding steroid dienone is 2. The molecule has 0 amide bonds. The van der Waals surface area contributed by atoms with E-state index in [-0.39, 0.29) is 12.0 Å². The molecule has 0 saturated carbocycles. The Kier molecular flexibility index (Phi) is 4.99. The zero-order valence-corrected chi connectivity index (χ0v) is 17.7. The Morgan fingerprint density at radius 1 is 1.07 bits per heavy atom. The molecule has 0 fully saturated rings. The molecule has 142 valence electrons. The Bertz CT molecular complexity index is 915. The van der Waals surface area contributed by atoms with Crippen molar-refractivity contribution in [2.45, 2.75) is 18.4 Å². The number of ether oxygens (including phenoxy) is 3. The van der Waals surface area contributed by atoms with Crippen LogP contribution in [0.4, 0.5) is 5.69 Å². The van der Waals surface area contributed by atoms with Crippen LogP contribution in [0.5, 0.6) is 17.2 Å². The van der Waals surface area contributed by atoms with Crippen molar-refractivity contribution in [3.8, 4) is 17.2 Å². The lowest BCUT2D eigenvalue weighted by atomic mass is 9.76. The molecule has 4 rings (SSSR count). The van der Waals surface area contributed by atoms with Crippen LogP contribution in [0.2, 0.25) is 5.02 Å². The summed E-state index contributed by atoms with van der Waals surface area (Å²) >= 11 is 10.2. The summed E-state index contributed by atoms with van der Waals surface area (Å²) in [7, 11) is 4.98. The number of halogens is 2. The van der Waals surface area contributed by atoms with E-state index in [1.807, 2.05) is 18.2 Å². The molecule has 2 aliphatic rings. The van der Waals surface area contributed by atoms with E-state index in [1.165, 1.54) is 0 Å². The summed E-state index contributed by atoms with van der Waals surface area (Å²) in [5.41, 5.74) is 3.21. The van der Waals surface area contributed by atoms with Crippen LogP contribution in [0.3, 0.4) is 0 Å². The Morgan fingerprint density at radius 2 is 1.85 bits per heavy atom. The van der Waals surface area contributed by atoms with Crippen LogP contribution < -0.4 is 19.5 Å². The SMILES string of the molecule is COc1ccc(Cl)c2c1N[C@H](c1cc(Br)c(OC)c(OC)c1)[C@@H]1CC=C[C@@H]21. The highest BCUT2D eigenvalue weighted by atomic mass is 79.9. The fourth-order valence-electron chi connectivity index (χ4n) is 4.25. The molecule has 1 aliphatic heterocycles. The molecule has 1 aliphatic carbocycles. The Labute approximate surface area is 172 Å². The first-order valence-electron chi connectivity index (χ1n) is 8.80. The van der Waals surface area contributed by atoms with Gasteiger partial charge in [0, 0.05) is 16.5 Å². The third kappa shape index (κ3) is 2.97. The Morgan fingerprint density at radius 3 is 2.56 bits per heavy atom. The van der Waals surface area contributed by atoms with E-state index >= 15 is 0 Å². The summed E-state index contributed by atoms with van der Waals surface area (Å²) in [6.07, 6.45) is 5.49. The lowest BCUT2D eigenvalue weighted by Gasteiger charge is -2.38. The lowest BCUT2D eigenvalue weighted by Crippen LogP contribution is -2.29. The van der Waals surface area contributed by atoms with Gasteiger partial charge in [0.2, 0.25) is 0 Å². The van der Waals surface area contributed by atoms with E-state index < -0.39 is 0 Å². The van der Waals surface area contributed by atoms with Crippen molar-refractivity contribution in [2.24, 2.45) is 5.92 Å². The number of fused-ring (bicyclic) bond motifs is 3. The normalized spacial score (nSPS) is 22.6. The maximum Gasteiger partial charge on any atom is 0.174 e. The van der Waals surface area contributed by atoms with Gasteiger partial charge in [0.15, 0.2) is 11.5 Å². The quantitative estimate of drug-likeness (QED) is 0.584. The summed E-state index contributed by atoms with van der Waals surface area (Å²) in [5.74, 6) is 2.82. The van der Waals surface area contributed by atoms with E-state index in [0.717, 1.165) is 38.5 Å². The van der Waals surface area contributed by atoms with Gasteiger partial charge in [-0.2, -0.15) is 0 Å². The first-order chi connectivity index (χ1) is 13.1. The molecular formula is C21H21BrClNO3. The van der Waals surface area contributed by atoms with Crippen LogP contribution in [0.1, 0.15) is 29.5 Å². The highest BCUT2D eigenvalue weighted by Gasteiger charge is 2.40. The molecule has 0 unspecified atom stereocenters. The minimum absolute atomic E-state index is 0.0981. The average molecular weight is 451 g/mol. The highest BCUT2D eigenvalue weighted by Crippen LogP contribution is 2.55. The number of hydrogen-bond acceptors (Lipinski definition) is 4. The number of methoxy groups -OCH3 is 3. The third-order valence-electron chi connectivity index (χ3n) is 5.46. The summed E-state index contributed by atoms with van der Waals surface area (Å²) in [6.45, 7) is 0. The van der Waals surface area contributed by atoms with Crippen molar-refractivity contribution >= 4 is 33.2 Å². The molecule has 2 aromatic rings. The molecule has 6 heteroatoms. The van der Waals surface area contributed by atoms with Crippen LogP contribution in [0, 0.1) is 5.92 Å². The molecule has 0 aromatic heterocycles.